The van der Waals surface area contributed by atoms with Crippen LogP contribution in [-0.2, 0) is 11.0 Å². The van der Waals surface area contributed by atoms with E-state index < -0.39 is 23.3 Å². The van der Waals surface area contributed by atoms with E-state index in [2.05, 4.69) is 5.10 Å². The molecular formula is C17H17F3N4O2. The van der Waals surface area contributed by atoms with E-state index in [9.17, 15) is 22.8 Å². The Balaban J connectivity index is 1.92. The summed E-state index contributed by atoms with van der Waals surface area (Å²) in [6, 6.07) is 7.85. The van der Waals surface area contributed by atoms with E-state index in [1.807, 2.05) is 0 Å². The van der Waals surface area contributed by atoms with E-state index in [0.29, 0.717) is 13.1 Å². The van der Waals surface area contributed by atoms with Gasteiger partial charge in [-0.05, 0) is 12.1 Å². The maximum Gasteiger partial charge on any atom is 0.434 e. The van der Waals surface area contributed by atoms with Crippen LogP contribution in [0.3, 0.4) is 0 Å². The lowest BCUT2D eigenvalue weighted by atomic mass is 10.2. The van der Waals surface area contributed by atoms with Gasteiger partial charge in [-0.2, -0.15) is 18.3 Å². The number of aromatic nitrogens is 2. The van der Waals surface area contributed by atoms with Crippen LogP contribution in [0.2, 0.25) is 0 Å². The summed E-state index contributed by atoms with van der Waals surface area (Å²) in [5.74, 6) is -0.854. The van der Waals surface area contributed by atoms with Crippen molar-refractivity contribution < 1.29 is 22.8 Å². The fraction of sp³-hybridized carbons (Fsp3) is 0.353. The molecule has 0 N–H and O–H groups in total. The topological polar surface area (TPSA) is 58.4 Å². The molecule has 2 aromatic rings. The van der Waals surface area contributed by atoms with Crippen molar-refractivity contribution in [1.82, 2.24) is 19.6 Å². The minimum absolute atomic E-state index is 0.120. The average Bonchev–Trinajstić information content (AvgIpc) is 3.07. The largest absolute Gasteiger partial charge is 0.434 e. The molecule has 0 aliphatic carbocycles. The summed E-state index contributed by atoms with van der Waals surface area (Å²) in [5, 5.41) is 3.80. The van der Waals surface area contributed by atoms with Gasteiger partial charge in [0.1, 0.15) is 0 Å². The van der Waals surface area contributed by atoms with E-state index >= 15 is 0 Å². The Morgan fingerprint density at radius 2 is 1.58 bits per heavy atom. The van der Waals surface area contributed by atoms with E-state index in [1.165, 1.54) is 24.0 Å². The lowest BCUT2D eigenvalue weighted by Gasteiger charge is -2.34. The summed E-state index contributed by atoms with van der Waals surface area (Å²) in [6.45, 7) is 2.39. The Morgan fingerprint density at radius 1 is 1.00 bits per heavy atom. The number of benzene rings is 1. The molecule has 2 amide bonds. The summed E-state index contributed by atoms with van der Waals surface area (Å²) in [7, 11) is 0. The molecule has 1 aromatic heterocycles. The average molecular weight is 366 g/mol. The Hall–Kier alpha value is -2.84. The molecule has 1 aliphatic rings. The molecule has 138 valence electrons. The molecule has 0 bridgehead atoms. The third kappa shape index (κ3) is 3.42. The zero-order valence-electron chi connectivity index (χ0n) is 14.0. The number of halogens is 3. The number of piperazine rings is 1. The number of nitrogens with zero attached hydrogens (tertiary/aromatic N) is 4. The SMILES string of the molecule is CC(=O)N1CCN(C(=O)c2cnn(-c3ccccc3)c2C(F)(F)F)CC1. The van der Waals surface area contributed by atoms with Crippen molar-refractivity contribution in [2.45, 2.75) is 13.1 Å². The van der Waals surface area contributed by atoms with E-state index in [-0.39, 0.29) is 24.7 Å². The first-order valence-corrected chi connectivity index (χ1v) is 8.04. The van der Waals surface area contributed by atoms with Crippen molar-refractivity contribution in [3.05, 3.63) is 47.8 Å². The predicted molar refractivity (Wildman–Crippen MR) is 86.7 cm³/mol. The number of carbonyl (C=O) groups is 2. The monoisotopic (exact) mass is 366 g/mol. The molecule has 0 spiro atoms. The molecule has 0 saturated carbocycles. The highest BCUT2D eigenvalue weighted by atomic mass is 19.4. The zero-order valence-corrected chi connectivity index (χ0v) is 14.0. The van der Waals surface area contributed by atoms with Crippen molar-refractivity contribution in [3.8, 4) is 5.69 Å². The van der Waals surface area contributed by atoms with Gasteiger partial charge in [-0.3, -0.25) is 9.59 Å². The van der Waals surface area contributed by atoms with Gasteiger partial charge in [0, 0.05) is 33.1 Å². The van der Waals surface area contributed by atoms with Crippen LogP contribution in [0.1, 0.15) is 23.0 Å². The molecule has 9 heteroatoms. The van der Waals surface area contributed by atoms with Crippen LogP contribution in [0.5, 0.6) is 0 Å². The van der Waals surface area contributed by atoms with Crippen molar-refractivity contribution >= 4 is 11.8 Å². The highest BCUT2D eigenvalue weighted by molar-refractivity contribution is 5.95. The molecule has 1 aliphatic heterocycles. The molecule has 0 unspecified atom stereocenters. The maximum absolute atomic E-state index is 13.6. The van der Waals surface area contributed by atoms with E-state index in [0.717, 1.165) is 10.9 Å². The van der Waals surface area contributed by atoms with Gasteiger partial charge in [0.2, 0.25) is 5.91 Å². The van der Waals surface area contributed by atoms with Gasteiger partial charge in [0.25, 0.3) is 5.91 Å². The van der Waals surface area contributed by atoms with Crippen molar-refractivity contribution in [3.63, 3.8) is 0 Å². The van der Waals surface area contributed by atoms with Gasteiger partial charge in [-0.25, -0.2) is 4.68 Å². The van der Waals surface area contributed by atoms with Gasteiger partial charge in [-0.15, -0.1) is 0 Å². The molecule has 2 heterocycles. The third-order valence-electron chi connectivity index (χ3n) is 4.28. The van der Waals surface area contributed by atoms with E-state index in [1.54, 1.807) is 23.1 Å². The van der Waals surface area contributed by atoms with Crippen molar-refractivity contribution in [2.75, 3.05) is 26.2 Å². The van der Waals surface area contributed by atoms with Crippen LogP contribution in [0.4, 0.5) is 13.2 Å². The van der Waals surface area contributed by atoms with E-state index in [4.69, 9.17) is 0 Å². The molecule has 26 heavy (non-hydrogen) atoms. The van der Waals surface area contributed by atoms with Crippen LogP contribution in [0.15, 0.2) is 36.5 Å². The fourth-order valence-electron chi connectivity index (χ4n) is 2.94. The number of rotatable bonds is 2. The molecule has 1 saturated heterocycles. The summed E-state index contributed by atoms with van der Waals surface area (Å²) in [4.78, 5) is 26.9. The van der Waals surface area contributed by atoms with Gasteiger partial charge in [-0.1, -0.05) is 18.2 Å². The second-order valence-corrected chi connectivity index (χ2v) is 5.95. The van der Waals surface area contributed by atoms with Gasteiger partial charge >= 0.3 is 6.18 Å². The van der Waals surface area contributed by atoms with Gasteiger partial charge in [0.15, 0.2) is 5.69 Å². The Bertz CT molecular complexity index is 809. The Morgan fingerprint density at radius 3 is 2.12 bits per heavy atom. The van der Waals surface area contributed by atoms with Gasteiger partial charge < -0.3 is 9.80 Å². The highest BCUT2D eigenvalue weighted by Gasteiger charge is 2.41. The molecule has 1 fully saturated rings. The number of hydrogen-bond acceptors (Lipinski definition) is 3. The summed E-state index contributed by atoms with van der Waals surface area (Å²) in [6.07, 6.45) is -3.78. The van der Waals surface area contributed by atoms with Crippen LogP contribution in [-0.4, -0.2) is 57.6 Å². The predicted octanol–water partition coefficient (Wildman–Crippen LogP) is 2.20. The third-order valence-corrected chi connectivity index (χ3v) is 4.28. The van der Waals surface area contributed by atoms with Crippen molar-refractivity contribution in [1.29, 1.82) is 0 Å². The summed E-state index contributed by atoms with van der Waals surface area (Å²) in [5.41, 5.74) is -1.36. The second kappa shape index (κ2) is 6.81. The lowest BCUT2D eigenvalue weighted by Crippen LogP contribution is -2.50. The molecule has 3 rings (SSSR count). The number of hydrogen-bond donors (Lipinski definition) is 0. The van der Waals surface area contributed by atoms with Crippen LogP contribution in [0.25, 0.3) is 5.69 Å². The van der Waals surface area contributed by atoms with Crippen LogP contribution in [0, 0.1) is 0 Å². The standard InChI is InChI=1S/C17H17F3N4O2/c1-12(25)22-7-9-23(10-8-22)16(26)14-11-21-24(15(14)17(18,19)20)13-5-3-2-4-6-13/h2-6,11H,7-10H2,1H3. The first-order valence-electron chi connectivity index (χ1n) is 8.04. The highest BCUT2D eigenvalue weighted by Crippen LogP contribution is 2.34. The first kappa shape index (κ1) is 18.0. The second-order valence-electron chi connectivity index (χ2n) is 5.95. The quantitative estimate of drug-likeness (QED) is 0.819. The smallest absolute Gasteiger partial charge is 0.339 e. The Labute approximate surface area is 147 Å². The van der Waals surface area contributed by atoms with Crippen LogP contribution < -0.4 is 0 Å². The lowest BCUT2D eigenvalue weighted by molar-refractivity contribution is -0.143. The minimum atomic E-state index is -4.74. The number of alkyl halides is 3. The fourth-order valence-corrected chi connectivity index (χ4v) is 2.94. The number of carbonyl (C=O) groups excluding carboxylic acids is 2. The van der Waals surface area contributed by atoms with Crippen molar-refractivity contribution in [2.24, 2.45) is 0 Å². The normalized spacial score (nSPS) is 15.2. The first-order chi connectivity index (χ1) is 12.3. The Kier molecular flexibility index (Phi) is 4.71. The summed E-state index contributed by atoms with van der Waals surface area (Å²) >= 11 is 0. The molecule has 0 radical (unpaired) electrons. The van der Waals surface area contributed by atoms with Crippen LogP contribution >= 0.6 is 0 Å². The molecule has 1 aromatic carbocycles. The minimum Gasteiger partial charge on any atom is -0.339 e. The number of para-hydroxylation sites is 1. The zero-order chi connectivity index (χ0) is 18.9. The molecular weight excluding hydrogens is 349 g/mol. The van der Waals surface area contributed by atoms with Gasteiger partial charge in [0.05, 0.1) is 17.4 Å². The molecule has 0 atom stereocenters. The number of amides is 2. The summed E-state index contributed by atoms with van der Waals surface area (Å²) < 4.78 is 41.7. The molecule has 6 nitrogen and oxygen atoms in total. The maximum atomic E-state index is 13.6.